The van der Waals surface area contributed by atoms with Crippen LogP contribution in [-0.2, 0) is 4.79 Å². The Morgan fingerprint density at radius 2 is 2.24 bits per heavy atom. The monoisotopic (exact) mass is 310 g/mol. The summed E-state index contributed by atoms with van der Waals surface area (Å²) in [6.45, 7) is 3.20. The van der Waals surface area contributed by atoms with Crippen LogP contribution < -0.4 is 5.32 Å². The van der Waals surface area contributed by atoms with Crippen LogP contribution in [0.25, 0.3) is 0 Å². The second kappa shape index (κ2) is 7.78. The van der Waals surface area contributed by atoms with E-state index >= 15 is 0 Å². The molecule has 2 N–H and O–H groups in total. The lowest BCUT2D eigenvalue weighted by Crippen LogP contribution is -2.45. The van der Waals surface area contributed by atoms with Crippen molar-refractivity contribution in [2.45, 2.75) is 38.6 Å². The van der Waals surface area contributed by atoms with E-state index in [-0.39, 0.29) is 12.5 Å². The zero-order valence-electron chi connectivity index (χ0n) is 12.4. The number of aliphatic hydroxyl groups excluding tert-OH is 1. The molecule has 116 valence electrons. The third-order valence-corrected chi connectivity index (χ3v) is 4.49. The molecule has 1 aromatic carbocycles. The highest BCUT2D eigenvalue weighted by molar-refractivity contribution is 6.31. The van der Waals surface area contributed by atoms with Crippen molar-refractivity contribution in [2.24, 2.45) is 0 Å². The first-order valence-corrected chi connectivity index (χ1v) is 7.89. The number of benzene rings is 1. The predicted octanol–water partition coefficient (Wildman–Crippen LogP) is 2.82. The fourth-order valence-corrected chi connectivity index (χ4v) is 2.71. The van der Waals surface area contributed by atoms with Crippen LogP contribution in [0.5, 0.6) is 0 Å². The van der Waals surface area contributed by atoms with Gasteiger partial charge >= 0.3 is 0 Å². The van der Waals surface area contributed by atoms with E-state index in [4.69, 9.17) is 16.7 Å². The van der Waals surface area contributed by atoms with E-state index in [0.29, 0.717) is 24.0 Å². The van der Waals surface area contributed by atoms with Gasteiger partial charge in [0.1, 0.15) is 0 Å². The summed E-state index contributed by atoms with van der Waals surface area (Å²) in [6.07, 6.45) is 4.24. The Morgan fingerprint density at radius 3 is 2.86 bits per heavy atom. The Balaban J connectivity index is 1.93. The predicted molar refractivity (Wildman–Crippen MR) is 85.7 cm³/mol. The Kier molecular flexibility index (Phi) is 6.03. The number of rotatable bonds is 7. The van der Waals surface area contributed by atoms with Crippen LogP contribution >= 0.6 is 11.6 Å². The van der Waals surface area contributed by atoms with Crippen molar-refractivity contribution in [3.63, 3.8) is 0 Å². The molecular formula is C16H23ClN2O2. The molecule has 0 bridgehead atoms. The first-order chi connectivity index (χ1) is 10.1. The molecule has 0 aliphatic heterocycles. The van der Waals surface area contributed by atoms with Crippen molar-refractivity contribution in [3.05, 3.63) is 28.8 Å². The summed E-state index contributed by atoms with van der Waals surface area (Å²) in [5.41, 5.74) is 1.65. The first-order valence-electron chi connectivity index (χ1n) is 7.51. The van der Waals surface area contributed by atoms with Gasteiger partial charge in [-0.1, -0.05) is 24.1 Å². The number of hydrogen-bond acceptors (Lipinski definition) is 3. The molecule has 21 heavy (non-hydrogen) atoms. The van der Waals surface area contributed by atoms with Gasteiger partial charge in [0.05, 0.1) is 6.54 Å². The maximum atomic E-state index is 12.2. The summed E-state index contributed by atoms with van der Waals surface area (Å²) >= 11 is 6.06. The summed E-state index contributed by atoms with van der Waals surface area (Å²) in [5.74, 6) is -0.0230. The fraction of sp³-hybridized carbons (Fsp3) is 0.562. The molecule has 5 heteroatoms. The van der Waals surface area contributed by atoms with Crippen LogP contribution in [0.15, 0.2) is 18.2 Å². The fourth-order valence-electron chi connectivity index (χ4n) is 2.53. The number of aliphatic hydroxyl groups is 1. The van der Waals surface area contributed by atoms with Gasteiger partial charge < -0.3 is 10.4 Å². The second-order valence-electron chi connectivity index (χ2n) is 5.59. The smallest absolute Gasteiger partial charge is 0.238 e. The van der Waals surface area contributed by atoms with Gasteiger partial charge in [0.25, 0.3) is 0 Å². The number of nitrogens with one attached hydrogen (secondary N) is 1. The molecular weight excluding hydrogens is 288 g/mol. The topological polar surface area (TPSA) is 52.6 Å². The van der Waals surface area contributed by atoms with Crippen molar-refractivity contribution in [2.75, 3.05) is 25.0 Å². The van der Waals surface area contributed by atoms with Crippen LogP contribution in [0.2, 0.25) is 5.02 Å². The molecule has 1 aromatic rings. The number of halogens is 1. The summed E-state index contributed by atoms with van der Waals surface area (Å²) in [5, 5.41) is 12.6. The maximum absolute atomic E-state index is 12.2. The average molecular weight is 311 g/mol. The Hall–Kier alpha value is -1.10. The Labute approximate surface area is 131 Å². The van der Waals surface area contributed by atoms with E-state index in [1.807, 2.05) is 25.1 Å². The van der Waals surface area contributed by atoms with Crippen LogP contribution in [0, 0.1) is 6.92 Å². The van der Waals surface area contributed by atoms with Crippen LogP contribution in [0.1, 0.15) is 31.2 Å². The van der Waals surface area contributed by atoms with Gasteiger partial charge in [-0.3, -0.25) is 9.69 Å². The Bertz CT molecular complexity index is 489. The number of amides is 1. The van der Waals surface area contributed by atoms with Gasteiger partial charge in [-0.25, -0.2) is 0 Å². The zero-order valence-corrected chi connectivity index (χ0v) is 13.2. The van der Waals surface area contributed by atoms with Crippen molar-refractivity contribution in [1.29, 1.82) is 0 Å². The van der Waals surface area contributed by atoms with Gasteiger partial charge in [0.2, 0.25) is 5.91 Å². The standard InChI is InChI=1S/C16H23ClN2O2/c1-12-14(17)7-3-8-15(12)18-16(21)11-19(9-4-10-20)13-5-2-6-13/h3,7-8,13,20H,2,4-6,9-11H2,1H3,(H,18,21). The summed E-state index contributed by atoms with van der Waals surface area (Å²) in [4.78, 5) is 14.4. The first kappa shape index (κ1) is 16.3. The lowest BCUT2D eigenvalue weighted by Gasteiger charge is -2.37. The summed E-state index contributed by atoms with van der Waals surface area (Å²) < 4.78 is 0. The van der Waals surface area contributed by atoms with Gasteiger partial charge in [0, 0.05) is 29.9 Å². The van der Waals surface area contributed by atoms with Crippen molar-refractivity contribution in [3.8, 4) is 0 Å². The number of nitrogens with zero attached hydrogens (tertiary/aromatic N) is 1. The zero-order chi connectivity index (χ0) is 15.2. The highest BCUT2D eigenvalue weighted by atomic mass is 35.5. The minimum Gasteiger partial charge on any atom is -0.396 e. The highest BCUT2D eigenvalue weighted by Crippen LogP contribution is 2.25. The third kappa shape index (κ3) is 4.43. The van der Waals surface area contributed by atoms with Crippen molar-refractivity contribution < 1.29 is 9.90 Å². The second-order valence-corrected chi connectivity index (χ2v) is 6.00. The van der Waals surface area contributed by atoms with Gasteiger partial charge in [-0.15, -0.1) is 0 Å². The van der Waals surface area contributed by atoms with Gasteiger partial charge in [-0.2, -0.15) is 0 Å². The normalized spacial score (nSPS) is 15.0. The molecule has 1 amide bonds. The van der Waals surface area contributed by atoms with Crippen LogP contribution in [0.4, 0.5) is 5.69 Å². The molecule has 0 spiro atoms. The minimum absolute atomic E-state index is 0.0230. The molecule has 0 saturated heterocycles. The molecule has 1 aliphatic carbocycles. The molecule has 0 aromatic heterocycles. The molecule has 1 aliphatic rings. The van der Waals surface area contributed by atoms with E-state index in [1.165, 1.54) is 6.42 Å². The minimum atomic E-state index is -0.0230. The lowest BCUT2D eigenvalue weighted by atomic mass is 9.91. The van der Waals surface area contributed by atoms with Crippen molar-refractivity contribution >= 4 is 23.2 Å². The van der Waals surface area contributed by atoms with E-state index < -0.39 is 0 Å². The number of carbonyl (C=O) groups is 1. The molecule has 0 atom stereocenters. The molecule has 0 unspecified atom stereocenters. The third-order valence-electron chi connectivity index (χ3n) is 4.08. The van der Waals surface area contributed by atoms with Crippen molar-refractivity contribution in [1.82, 2.24) is 4.90 Å². The molecule has 0 heterocycles. The highest BCUT2D eigenvalue weighted by Gasteiger charge is 2.26. The van der Waals surface area contributed by atoms with E-state index in [0.717, 1.165) is 30.6 Å². The largest absolute Gasteiger partial charge is 0.396 e. The van der Waals surface area contributed by atoms with Crippen LogP contribution in [0.3, 0.4) is 0 Å². The van der Waals surface area contributed by atoms with E-state index in [9.17, 15) is 4.79 Å². The number of anilines is 1. The number of carbonyl (C=O) groups excluding carboxylic acids is 1. The van der Waals surface area contributed by atoms with Crippen LogP contribution in [-0.4, -0.2) is 41.7 Å². The quantitative estimate of drug-likeness (QED) is 0.814. The molecule has 1 saturated carbocycles. The molecule has 2 rings (SSSR count). The SMILES string of the molecule is Cc1c(Cl)cccc1NC(=O)CN(CCCO)C1CCC1. The maximum Gasteiger partial charge on any atom is 0.238 e. The summed E-state index contributed by atoms with van der Waals surface area (Å²) in [6, 6.07) is 6.00. The molecule has 0 radical (unpaired) electrons. The van der Waals surface area contributed by atoms with E-state index in [1.54, 1.807) is 0 Å². The average Bonchev–Trinajstić information content (AvgIpc) is 2.39. The lowest BCUT2D eigenvalue weighted by molar-refractivity contribution is -0.118. The molecule has 4 nitrogen and oxygen atoms in total. The van der Waals surface area contributed by atoms with E-state index in [2.05, 4.69) is 10.2 Å². The van der Waals surface area contributed by atoms with Gasteiger partial charge in [-0.05, 0) is 43.9 Å². The molecule has 1 fully saturated rings. The Morgan fingerprint density at radius 1 is 1.48 bits per heavy atom. The number of hydrogen-bond donors (Lipinski definition) is 2. The summed E-state index contributed by atoms with van der Waals surface area (Å²) in [7, 11) is 0. The van der Waals surface area contributed by atoms with Gasteiger partial charge in [0.15, 0.2) is 0 Å².